The molecule has 1 aliphatic rings. The number of carbonyl (C=O) groups is 4. The zero-order valence-electron chi connectivity index (χ0n) is 15.6. The van der Waals surface area contributed by atoms with Gasteiger partial charge in [0.05, 0.1) is 28.9 Å². The van der Waals surface area contributed by atoms with Crippen LogP contribution in [0.25, 0.3) is 0 Å². The number of imide groups is 1. The van der Waals surface area contributed by atoms with Crippen molar-refractivity contribution in [1.82, 2.24) is 4.48 Å². The molecule has 2 unspecified atom stereocenters. The zero-order valence-corrected chi connectivity index (χ0v) is 15.6. The summed E-state index contributed by atoms with van der Waals surface area (Å²) in [6.07, 6.45) is -0.624. The lowest BCUT2D eigenvalue weighted by Gasteiger charge is -2.31. The van der Waals surface area contributed by atoms with Crippen molar-refractivity contribution in [2.75, 3.05) is 13.2 Å². The van der Waals surface area contributed by atoms with Gasteiger partial charge in [0.1, 0.15) is 6.61 Å². The number of aliphatic hydroxyl groups excluding tert-OH is 2. The number of benzene rings is 2. The van der Waals surface area contributed by atoms with Gasteiger partial charge >= 0.3 is 23.8 Å². The van der Waals surface area contributed by atoms with E-state index in [2.05, 4.69) is 6.58 Å². The summed E-state index contributed by atoms with van der Waals surface area (Å²) in [5.41, 5.74) is -0.165. The molecule has 3 N–H and O–H groups in total. The highest BCUT2D eigenvalue weighted by molar-refractivity contribution is 6.30. The van der Waals surface area contributed by atoms with Crippen molar-refractivity contribution >= 4 is 29.4 Å². The molecule has 0 radical (unpaired) electrons. The number of hydrogen-bond acceptors (Lipinski definition) is 7. The first-order valence-electron chi connectivity index (χ1n) is 8.84. The standard InChI is InChI=1S/C21H17NO8/c1-2-17(24)22(14-6-3-12(4-7-14)21(29)30-10-9-23)18(25)15-8-5-13(20(27)28)11-16(15)19(22)26/h2-8,11,17,23-24H,1,9-10H2/p+1. The summed E-state index contributed by atoms with van der Waals surface area (Å²) in [6, 6.07) is 8.80. The van der Waals surface area contributed by atoms with Gasteiger partial charge in [-0.15, -0.1) is 4.48 Å². The lowest BCUT2D eigenvalue weighted by molar-refractivity contribution is 0.0325. The van der Waals surface area contributed by atoms with Crippen LogP contribution in [0.3, 0.4) is 0 Å². The maximum absolute atomic E-state index is 13.3. The van der Waals surface area contributed by atoms with Crippen LogP contribution in [-0.2, 0) is 4.74 Å². The molecular weight excluding hydrogens is 394 g/mol. The van der Waals surface area contributed by atoms with E-state index in [0.717, 1.165) is 12.1 Å². The van der Waals surface area contributed by atoms with Crippen molar-refractivity contribution in [1.29, 1.82) is 0 Å². The molecule has 30 heavy (non-hydrogen) atoms. The first-order valence-corrected chi connectivity index (χ1v) is 8.84. The number of fused-ring (bicyclic) bond motifs is 1. The summed E-state index contributed by atoms with van der Waals surface area (Å²) in [7, 11) is 0. The number of hydrogen-bond donors (Lipinski definition) is 3. The van der Waals surface area contributed by atoms with Gasteiger partial charge in [-0.2, -0.15) is 0 Å². The van der Waals surface area contributed by atoms with Gasteiger partial charge in [0, 0.05) is 12.1 Å². The summed E-state index contributed by atoms with van der Waals surface area (Å²) in [4.78, 5) is 49.7. The molecule has 154 valence electrons. The molecule has 9 nitrogen and oxygen atoms in total. The van der Waals surface area contributed by atoms with Crippen molar-refractivity contribution in [2.45, 2.75) is 6.23 Å². The molecule has 2 aromatic rings. The fourth-order valence-corrected chi connectivity index (χ4v) is 3.35. The lowest BCUT2D eigenvalue weighted by Crippen LogP contribution is -2.60. The second kappa shape index (κ2) is 7.99. The van der Waals surface area contributed by atoms with Crippen LogP contribution in [0.1, 0.15) is 41.4 Å². The van der Waals surface area contributed by atoms with Crippen molar-refractivity contribution in [2.24, 2.45) is 0 Å². The number of esters is 1. The number of aliphatic hydroxyl groups is 2. The van der Waals surface area contributed by atoms with Crippen LogP contribution in [0, 0.1) is 0 Å². The monoisotopic (exact) mass is 412 g/mol. The number of aromatic carboxylic acids is 1. The van der Waals surface area contributed by atoms with E-state index in [9.17, 15) is 29.4 Å². The fraction of sp³-hybridized carbons (Fsp3) is 0.143. The maximum Gasteiger partial charge on any atom is 0.362 e. The molecule has 1 heterocycles. The maximum atomic E-state index is 13.3. The molecular formula is C21H18NO8+. The molecule has 2 amide bonds. The third kappa shape index (κ3) is 3.11. The highest BCUT2D eigenvalue weighted by atomic mass is 16.5. The van der Waals surface area contributed by atoms with Gasteiger partial charge in [0.15, 0.2) is 5.69 Å². The smallest absolute Gasteiger partial charge is 0.362 e. The first kappa shape index (κ1) is 21.1. The molecule has 0 aromatic heterocycles. The van der Waals surface area contributed by atoms with E-state index in [4.69, 9.17) is 9.84 Å². The molecule has 3 rings (SSSR count). The topological polar surface area (TPSA) is 138 Å². The Morgan fingerprint density at radius 1 is 1.03 bits per heavy atom. The van der Waals surface area contributed by atoms with E-state index in [1.165, 1.54) is 36.4 Å². The quantitative estimate of drug-likeness (QED) is 0.268. The number of carboxylic acids is 1. The van der Waals surface area contributed by atoms with Gasteiger partial charge in [-0.05, 0) is 36.4 Å². The molecule has 0 aliphatic carbocycles. The Balaban J connectivity index is 2.11. The minimum absolute atomic E-state index is 0.0302. The lowest BCUT2D eigenvalue weighted by atomic mass is 10.1. The van der Waals surface area contributed by atoms with Crippen molar-refractivity contribution < 1.29 is 39.2 Å². The highest BCUT2D eigenvalue weighted by Crippen LogP contribution is 2.39. The Hall–Kier alpha value is -3.66. The molecule has 1 aliphatic heterocycles. The largest absolute Gasteiger partial charge is 0.478 e. The van der Waals surface area contributed by atoms with Crippen LogP contribution in [0.5, 0.6) is 0 Å². The van der Waals surface area contributed by atoms with E-state index >= 15 is 0 Å². The summed E-state index contributed by atoms with van der Waals surface area (Å²) in [5.74, 6) is -3.55. The van der Waals surface area contributed by atoms with Crippen LogP contribution in [0.15, 0.2) is 55.1 Å². The van der Waals surface area contributed by atoms with Gasteiger partial charge in [-0.3, -0.25) is 0 Å². The predicted octanol–water partition coefficient (Wildman–Crippen LogP) is 1.34. The Morgan fingerprint density at radius 3 is 2.20 bits per heavy atom. The Labute approximate surface area is 170 Å². The van der Waals surface area contributed by atoms with E-state index < -0.39 is 34.5 Å². The molecule has 0 bridgehead atoms. The van der Waals surface area contributed by atoms with Gasteiger partial charge in [-0.25, -0.2) is 19.2 Å². The van der Waals surface area contributed by atoms with Crippen LogP contribution in [0.4, 0.5) is 5.69 Å². The summed E-state index contributed by atoms with van der Waals surface area (Å²) < 4.78 is 3.64. The van der Waals surface area contributed by atoms with E-state index in [1.807, 2.05) is 0 Å². The normalized spacial score (nSPS) is 18.6. The van der Waals surface area contributed by atoms with E-state index in [0.29, 0.717) is 0 Å². The third-order valence-electron chi connectivity index (χ3n) is 4.81. The van der Waals surface area contributed by atoms with Gasteiger partial charge in [0.2, 0.25) is 6.23 Å². The highest BCUT2D eigenvalue weighted by Gasteiger charge is 2.59. The Bertz CT molecular complexity index is 1060. The van der Waals surface area contributed by atoms with Gasteiger partial charge < -0.3 is 20.1 Å². The summed E-state index contributed by atoms with van der Waals surface area (Å²) in [6.45, 7) is 2.95. The van der Waals surface area contributed by atoms with Gasteiger partial charge in [-0.1, -0.05) is 6.58 Å². The first-order chi connectivity index (χ1) is 14.3. The summed E-state index contributed by atoms with van der Waals surface area (Å²) >= 11 is 0. The zero-order chi connectivity index (χ0) is 22.1. The Morgan fingerprint density at radius 2 is 1.63 bits per heavy atom. The van der Waals surface area contributed by atoms with Crippen LogP contribution in [0.2, 0.25) is 0 Å². The third-order valence-corrected chi connectivity index (χ3v) is 4.81. The van der Waals surface area contributed by atoms with Crippen molar-refractivity contribution in [3.8, 4) is 0 Å². The molecule has 2 atom stereocenters. The minimum atomic E-state index is -1.65. The Kier molecular flexibility index (Phi) is 5.61. The SMILES string of the molecule is C=CC(O)[N+]1(c2ccc(C(=O)OCCO)cc2)C(=O)c2ccc(C(=O)O)cc2C1=O. The number of carbonyl (C=O) groups excluding carboxylic acids is 3. The second-order valence-electron chi connectivity index (χ2n) is 6.45. The second-order valence-corrected chi connectivity index (χ2v) is 6.45. The summed E-state index contributed by atoms with van der Waals surface area (Å²) in [5, 5.41) is 28.6. The molecule has 0 fully saturated rings. The average Bonchev–Trinajstić information content (AvgIpc) is 2.98. The number of nitrogens with zero attached hydrogens (tertiary/aromatic N) is 1. The number of ether oxygens (including phenoxy) is 1. The molecule has 9 heteroatoms. The number of quaternary nitrogens is 1. The molecule has 0 saturated heterocycles. The molecule has 2 aromatic carbocycles. The van der Waals surface area contributed by atoms with Crippen molar-refractivity contribution in [3.05, 3.63) is 77.4 Å². The number of rotatable bonds is 7. The van der Waals surface area contributed by atoms with E-state index in [1.54, 1.807) is 0 Å². The fourth-order valence-electron chi connectivity index (χ4n) is 3.35. The van der Waals surface area contributed by atoms with Crippen LogP contribution >= 0.6 is 0 Å². The van der Waals surface area contributed by atoms with E-state index in [-0.39, 0.29) is 41.2 Å². The molecule has 0 saturated carbocycles. The average molecular weight is 412 g/mol. The molecule has 0 spiro atoms. The minimum Gasteiger partial charge on any atom is -0.478 e. The predicted molar refractivity (Wildman–Crippen MR) is 104 cm³/mol. The number of carboxylic acid groups (broad SMARTS) is 1. The van der Waals surface area contributed by atoms with Crippen molar-refractivity contribution in [3.63, 3.8) is 0 Å². The van der Waals surface area contributed by atoms with Crippen LogP contribution in [-0.4, -0.2) is 58.5 Å². The number of amides is 2. The van der Waals surface area contributed by atoms with Gasteiger partial charge in [0.25, 0.3) is 0 Å². The van der Waals surface area contributed by atoms with Crippen LogP contribution < -0.4 is 4.48 Å².